The number of aliphatic hydroxyl groups is 1. The van der Waals surface area contributed by atoms with E-state index in [0.29, 0.717) is 30.1 Å². The summed E-state index contributed by atoms with van der Waals surface area (Å²) in [5, 5.41) is 10.0. The van der Waals surface area contributed by atoms with Gasteiger partial charge in [0.05, 0.1) is 31.3 Å². The predicted molar refractivity (Wildman–Crippen MR) is 117 cm³/mol. The quantitative estimate of drug-likeness (QED) is 0.512. The molecular formula is C24H27F2N3O2. The van der Waals surface area contributed by atoms with Gasteiger partial charge in [0.25, 0.3) is 0 Å². The monoisotopic (exact) mass is 427 g/mol. The molecule has 5 nitrogen and oxygen atoms in total. The zero-order valence-electron chi connectivity index (χ0n) is 18.0. The molecule has 31 heavy (non-hydrogen) atoms. The topological polar surface area (TPSA) is 58.5 Å². The fourth-order valence-electron chi connectivity index (χ4n) is 3.56. The van der Waals surface area contributed by atoms with E-state index < -0.39 is 17.0 Å². The van der Waals surface area contributed by atoms with Crippen LogP contribution < -0.4 is 9.64 Å². The Hall–Kier alpha value is -3.06. The fraction of sp³-hybridized carbons (Fsp3) is 0.333. The molecule has 0 aliphatic heterocycles. The highest BCUT2D eigenvalue weighted by atomic mass is 19.1. The summed E-state index contributed by atoms with van der Waals surface area (Å²) in [5.74, 6) is -0.218. The maximum Gasteiger partial charge on any atom is 0.152 e. The van der Waals surface area contributed by atoms with Gasteiger partial charge in [-0.25, -0.2) is 13.8 Å². The third kappa shape index (κ3) is 4.82. The maximum atomic E-state index is 14.8. The number of methoxy groups -OCH3 is 1. The van der Waals surface area contributed by atoms with Crippen LogP contribution in [0.25, 0.3) is 0 Å². The summed E-state index contributed by atoms with van der Waals surface area (Å²) in [6.45, 7) is 4.20. The standard InChI is InChI=1S/C24H27F2N3O2/c1-4-24(5-2,16-30)22-13-27-14-23(28-22)29(21-11-8-18(25)12-20(21)26)15-17-6-9-19(31-3)10-7-17/h6-14,30H,4-5,15-16H2,1-3H3. The number of anilines is 2. The van der Waals surface area contributed by atoms with Gasteiger partial charge in [0.1, 0.15) is 17.4 Å². The molecule has 3 aromatic rings. The van der Waals surface area contributed by atoms with Gasteiger partial charge in [-0.1, -0.05) is 26.0 Å². The van der Waals surface area contributed by atoms with Crippen LogP contribution in [-0.4, -0.2) is 28.8 Å². The molecule has 1 N–H and O–H groups in total. The summed E-state index contributed by atoms with van der Waals surface area (Å²) in [6.07, 6.45) is 4.55. The number of benzene rings is 2. The first-order chi connectivity index (χ1) is 15.0. The van der Waals surface area contributed by atoms with E-state index in [2.05, 4.69) is 4.98 Å². The van der Waals surface area contributed by atoms with Crippen LogP contribution in [-0.2, 0) is 12.0 Å². The van der Waals surface area contributed by atoms with Crippen LogP contribution in [0.15, 0.2) is 54.9 Å². The molecule has 3 rings (SSSR count). The van der Waals surface area contributed by atoms with Gasteiger partial charge in [-0.2, -0.15) is 0 Å². The van der Waals surface area contributed by atoms with Crippen molar-refractivity contribution in [3.05, 3.63) is 77.8 Å². The molecule has 2 aromatic carbocycles. The van der Waals surface area contributed by atoms with Crippen LogP contribution >= 0.6 is 0 Å². The van der Waals surface area contributed by atoms with Gasteiger partial charge >= 0.3 is 0 Å². The number of hydrogen-bond acceptors (Lipinski definition) is 5. The Kier molecular flexibility index (Phi) is 7.17. The van der Waals surface area contributed by atoms with Crippen LogP contribution in [0.4, 0.5) is 20.3 Å². The van der Waals surface area contributed by atoms with E-state index in [1.165, 1.54) is 12.1 Å². The van der Waals surface area contributed by atoms with Crippen LogP contribution in [0.3, 0.4) is 0 Å². The van der Waals surface area contributed by atoms with Crippen molar-refractivity contribution in [3.8, 4) is 5.75 Å². The summed E-state index contributed by atoms with van der Waals surface area (Å²) in [7, 11) is 1.59. The van der Waals surface area contributed by atoms with Crippen molar-refractivity contribution in [1.82, 2.24) is 9.97 Å². The lowest BCUT2D eigenvalue weighted by atomic mass is 9.80. The Morgan fingerprint density at radius 3 is 2.32 bits per heavy atom. The highest BCUT2D eigenvalue weighted by Gasteiger charge is 2.30. The second kappa shape index (κ2) is 9.83. The summed E-state index contributed by atoms with van der Waals surface area (Å²) in [4.78, 5) is 10.7. The second-order valence-electron chi connectivity index (χ2n) is 7.44. The van der Waals surface area contributed by atoms with Crippen LogP contribution in [0.2, 0.25) is 0 Å². The highest BCUT2D eigenvalue weighted by molar-refractivity contribution is 5.60. The molecule has 0 aliphatic carbocycles. The SMILES string of the molecule is CCC(CC)(CO)c1cncc(N(Cc2ccc(OC)cc2)c2ccc(F)cc2F)n1. The van der Waals surface area contributed by atoms with E-state index in [1.54, 1.807) is 24.4 Å². The molecule has 0 radical (unpaired) electrons. The van der Waals surface area contributed by atoms with Crippen LogP contribution in [0.1, 0.15) is 37.9 Å². The van der Waals surface area contributed by atoms with Gasteiger partial charge < -0.3 is 14.7 Å². The Bertz CT molecular complexity index is 1000. The second-order valence-corrected chi connectivity index (χ2v) is 7.44. The van der Waals surface area contributed by atoms with Crippen molar-refractivity contribution in [2.75, 3.05) is 18.6 Å². The number of hydrogen-bond donors (Lipinski definition) is 1. The zero-order chi connectivity index (χ0) is 22.4. The zero-order valence-corrected chi connectivity index (χ0v) is 18.0. The molecule has 0 aliphatic rings. The largest absolute Gasteiger partial charge is 0.497 e. The number of ether oxygens (including phenoxy) is 1. The third-order valence-electron chi connectivity index (χ3n) is 5.80. The molecule has 0 bridgehead atoms. The molecular weight excluding hydrogens is 400 g/mol. The van der Waals surface area contributed by atoms with Crippen molar-refractivity contribution < 1.29 is 18.6 Å². The molecule has 0 fully saturated rings. The minimum atomic E-state index is -0.694. The molecule has 0 spiro atoms. The van der Waals surface area contributed by atoms with Crippen LogP contribution in [0.5, 0.6) is 5.75 Å². The molecule has 1 heterocycles. The first-order valence-corrected chi connectivity index (χ1v) is 10.2. The smallest absolute Gasteiger partial charge is 0.152 e. The van der Waals surface area contributed by atoms with E-state index in [1.807, 2.05) is 38.1 Å². The molecule has 0 saturated heterocycles. The average molecular weight is 427 g/mol. The fourth-order valence-corrected chi connectivity index (χ4v) is 3.56. The van der Waals surface area contributed by atoms with Crippen molar-refractivity contribution in [3.63, 3.8) is 0 Å². The van der Waals surface area contributed by atoms with Crippen molar-refractivity contribution >= 4 is 11.5 Å². The van der Waals surface area contributed by atoms with Crippen molar-refractivity contribution in [2.45, 2.75) is 38.6 Å². The van der Waals surface area contributed by atoms with Crippen molar-refractivity contribution in [2.24, 2.45) is 0 Å². The number of rotatable bonds is 9. The van der Waals surface area contributed by atoms with Gasteiger partial charge in [0, 0.05) is 24.2 Å². The number of aromatic nitrogens is 2. The minimum Gasteiger partial charge on any atom is -0.497 e. The summed E-state index contributed by atoms with van der Waals surface area (Å²) < 4.78 is 33.5. The first-order valence-electron chi connectivity index (χ1n) is 10.2. The van der Waals surface area contributed by atoms with Gasteiger partial charge in [-0.15, -0.1) is 0 Å². The highest BCUT2D eigenvalue weighted by Crippen LogP contribution is 2.33. The number of aliphatic hydroxyl groups excluding tert-OH is 1. The van der Waals surface area contributed by atoms with Gasteiger partial charge in [-0.3, -0.25) is 4.98 Å². The summed E-state index contributed by atoms with van der Waals surface area (Å²) >= 11 is 0. The van der Waals surface area contributed by atoms with Gasteiger partial charge in [0.2, 0.25) is 0 Å². The molecule has 1 aromatic heterocycles. The molecule has 164 valence electrons. The predicted octanol–water partition coefficient (Wildman–Crippen LogP) is 5.15. The Morgan fingerprint density at radius 1 is 1.03 bits per heavy atom. The molecule has 7 heteroatoms. The summed E-state index contributed by atoms with van der Waals surface area (Å²) in [5.41, 5.74) is 1.18. The van der Waals surface area contributed by atoms with Crippen molar-refractivity contribution in [1.29, 1.82) is 0 Å². The van der Waals surface area contributed by atoms with Gasteiger partial charge in [-0.05, 0) is 42.7 Å². The average Bonchev–Trinajstić information content (AvgIpc) is 2.80. The van der Waals surface area contributed by atoms with E-state index >= 15 is 0 Å². The third-order valence-corrected chi connectivity index (χ3v) is 5.80. The number of nitrogens with zero attached hydrogens (tertiary/aromatic N) is 3. The molecule has 0 atom stereocenters. The first kappa shape index (κ1) is 22.6. The van der Waals surface area contributed by atoms with Crippen LogP contribution in [0, 0.1) is 11.6 Å². The van der Waals surface area contributed by atoms with Gasteiger partial charge in [0.15, 0.2) is 5.82 Å². The normalized spacial score (nSPS) is 11.4. The lowest BCUT2D eigenvalue weighted by molar-refractivity contribution is 0.179. The minimum absolute atomic E-state index is 0.0679. The van der Waals surface area contributed by atoms with E-state index in [4.69, 9.17) is 9.72 Å². The molecule has 0 unspecified atom stereocenters. The van der Waals surface area contributed by atoms with E-state index in [0.717, 1.165) is 11.6 Å². The summed E-state index contributed by atoms with van der Waals surface area (Å²) in [6, 6.07) is 10.8. The lowest BCUT2D eigenvalue weighted by Gasteiger charge is -2.30. The Balaban J connectivity index is 2.08. The maximum absolute atomic E-state index is 14.8. The Labute approximate surface area is 181 Å². The Morgan fingerprint density at radius 2 is 1.74 bits per heavy atom. The van der Waals surface area contributed by atoms with E-state index in [9.17, 15) is 13.9 Å². The van der Waals surface area contributed by atoms with E-state index in [-0.39, 0.29) is 18.8 Å². The molecule has 0 amide bonds. The lowest BCUT2D eigenvalue weighted by Crippen LogP contribution is -2.31. The molecule has 0 saturated carbocycles. The number of halogens is 2.